The highest BCUT2D eigenvalue weighted by atomic mass is 16.4. The minimum Gasteiger partial charge on any atom is -0.507 e. The number of nitrogens with zero attached hydrogens (tertiary/aromatic N) is 2. The number of hydrogen-bond donors (Lipinski definition) is 2. The number of aromatic nitrogens is 1. The van der Waals surface area contributed by atoms with Crippen molar-refractivity contribution in [2.75, 3.05) is 19.6 Å². The number of carbonyl (C=O) groups excluding carboxylic acids is 1. The summed E-state index contributed by atoms with van der Waals surface area (Å²) in [5, 5.41) is 12.9. The molecular formula is C17H19N3O3. The van der Waals surface area contributed by atoms with Gasteiger partial charge < -0.3 is 19.7 Å². The van der Waals surface area contributed by atoms with Crippen LogP contribution in [-0.2, 0) is 0 Å². The summed E-state index contributed by atoms with van der Waals surface area (Å²) in [7, 11) is 0. The summed E-state index contributed by atoms with van der Waals surface area (Å²) in [6.45, 7) is 3.19. The van der Waals surface area contributed by atoms with Crippen molar-refractivity contribution in [2.45, 2.75) is 18.9 Å². The summed E-state index contributed by atoms with van der Waals surface area (Å²) in [5.41, 5.74) is 0.529. The molecule has 120 valence electrons. The van der Waals surface area contributed by atoms with E-state index in [4.69, 9.17) is 4.42 Å². The Balaban J connectivity index is 1.46. The van der Waals surface area contributed by atoms with Gasteiger partial charge in [-0.1, -0.05) is 12.1 Å². The Kier molecular flexibility index (Phi) is 3.53. The van der Waals surface area contributed by atoms with Crippen molar-refractivity contribution in [1.82, 2.24) is 15.2 Å². The fourth-order valence-electron chi connectivity index (χ4n) is 3.60. The SMILES string of the molecule is O=C(N[C@@H]1C[C@H]2CCN(C2)C1)c1ncc(-c2ccccc2O)o1. The molecular weight excluding hydrogens is 294 g/mol. The predicted octanol–water partition coefficient (Wildman–Crippen LogP) is 1.87. The van der Waals surface area contributed by atoms with E-state index in [9.17, 15) is 9.90 Å². The molecule has 3 heterocycles. The number of hydrogen-bond acceptors (Lipinski definition) is 5. The Morgan fingerprint density at radius 3 is 3.04 bits per heavy atom. The van der Waals surface area contributed by atoms with Crippen LogP contribution in [0.5, 0.6) is 5.75 Å². The van der Waals surface area contributed by atoms with E-state index in [0.29, 0.717) is 17.2 Å². The summed E-state index contributed by atoms with van der Waals surface area (Å²) in [4.78, 5) is 18.8. The minimum atomic E-state index is -0.292. The second kappa shape index (κ2) is 5.70. The number of phenols is 1. The quantitative estimate of drug-likeness (QED) is 0.904. The molecule has 2 fully saturated rings. The normalized spacial score (nSPS) is 26.2. The average Bonchev–Trinajstić information content (AvgIpc) is 3.15. The lowest BCUT2D eigenvalue weighted by Crippen LogP contribution is -2.47. The van der Waals surface area contributed by atoms with Crippen LogP contribution in [0.1, 0.15) is 23.5 Å². The molecule has 2 aliphatic rings. The van der Waals surface area contributed by atoms with E-state index in [-0.39, 0.29) is 23.6 Å². The van der Waals surface area contributed by atoms with Gasteiger partial charge in [-0.25, -0.2) is 4.98 Å². The van der Waals surface area contributed by atoms with Crippen LogP contribution >= 0.6 is 0 Å². The van der Waals surface area contributed by atoms with E-state index in [1.165, 1.54) is 12.6 Å². The highest BCUT2D eigenvalue weighted by Gasteiger charge is 2.33. The zero-order chi connectivity index (χ0) is 15.8. The number of benzene rings is 1. The van der Waals surface area contributed by atoms with Crippen LogP contribution in [-0.4, -0.2) is 46.6 Å². The molecule has 2 aromatic rings. The molecule has 1 aromatic heterocycles. The molecule has 6 heteroatoms. The number of para-hydroxylation sites is 1. The van der Waals surface area contributed by atoms with Gasteiger partial charge in [0.25, 0.3) is 5.89 Å². The highest BCUT2D eigenvalue weighted by Crippen LogP contribution is 2.29. The van der Waals surface area contributed by atoms with Gasteiger partial charge in [-0.05, 0) is 37.4 Å². The highest BCUT2D eigenvalue weighted by molar-refractivity contribution is 5.90. The van der Waals surface area contributed by atoms with E-state index in [2.05, 4.69) is 15.2 Å². The zero-order valence-corrected chi connectivity index (χ0v) is 12.7. The van der Waals surface area contributed by atoms with Gasteiger partial charge in [0, 0.05) is 19.1 Å². The first-order chi connectivity index (χ1) is 11.2. The summed E-state index contributed by atoms with van der Waals surface area (Å²) in [6.07, 6.45) is 3.72. The topological polar surface area (TPSA) is 78.6 Å². The molecule has 1 amide bonds. The molecule has 4 rings (SSSR count). The number of amides is 1. The maximum Gasteiger partial charge on any atom is 0.307 e. The molecule has 0 saturated carbocycles. The fourth-order valence-corrected chi connectivity index (χ4v) is 3.60. The third kappa shape index (κ3) is 2.82. The second-order valence-corrected chi connectivity index (χ2v) is 6.37. The first kappa shape index (κ1) is 14.3. The zero-order valence-electron chi connectivity index (χ0n) is 12.7. The maximum absolute atomic E-state index is 12.3. The molecule has 6 nitrogen and oxygen atoms in total. The number of piperidine rings is 1. The third-order valence-electron chi connectivity index (χ3n) is 4.67. The average molecular weight is 313 g/mol. The van der Waals surface area contributed by atoms with E-state index in [0.717, 1.165) is 26.1 Å². The van der Waals surface area contributed by atoms with Crippen LogP contribution in [0.3, 0.4) is 0 Å². The van der Waals surface area contributed by atoms with Gasteiger partial charge in [0.2, 0.25) is 0 Å². The minimum absolute atomic E-state index is 0.0381. The number of carbonyl (C=O) groups is 1. The van der Waals surface area contributed by atoms with E-state index < -0.39 is 0 Å². The first-order valence-electron chi connectivity index (χ1n) is 7.96. The molecule has 1 aromatic carbocycles. The summed E-state index contributed by atoms with van der Waals surface area (Å²) >= 11 is 0. The van der Waals surface area contributed by atoms with Crippen molar-refractivity contribution in [1.29, 1.82) is 0 Å². The van der Waals surface area contributed by atoms with Crippen molar-refractivity contribution in [2.24, 2.45) is 5.92 Å². The van der Waals surface area contributed by atoms with Crippen molar-refractivity contribution in [3.8, 4) is 17.1 Å². The fraction of sp³-hybridized carbons (Fsp3) is 0.412. The van der Waals surface area contributed by atoms with E-state index >= 15 is 0 Å². The molecule has 23 heavy (non-hydrogen) atoms. The first-order valence-corrected chi connectivity index (χ1v) is 7.96. The number of fused-ring (bicyclic) bond motifs is 2. The Morgan fingerprint density at radius 1 is 1.35 bits per heavy atom. The summed E-state index contributed by atoms with van der Waals surface area (Å²) in [6, 6.07) is 6.98. The maximum atomic E-state index is 12.3. The Labute approximate surface area is 134 Å². The third-order valence-corrected chi connectivity index (χ3v) is 4.67. The Morgan fingerprint density at radius 2 is 2.22 bits per heavy atom. The number of oxazole rings is 1. The lowest BCUT2D eigenvalue weighted by molar-refractivity contribution is 0.0875. The van der Waals surface area contributed by atoms with Gasteiger partial charge in [0.05, 0.1) is 11.8 Å². The van der Waals surface area contributed by atoms with Gasteiger partial charge in [-0.15, -0.1) is 0 Å². The lowest BCUT2D eigenvalue weighted by Gasteiger charge is -2.30. The van der Waals surface area contributed by atoms with Crippen LogP contribution < -0.4 is 5.32 Å². The Bertz CT molecular complexity index is 715. The largest absolute Gasteiger partial charge is 0.507 e. The van der Waals surface area contributed by atoms with Crippen LogP contribution in [0.4, 0.5) is 0 Å². The van der Waals surface area contributed by atoms with Crippen LogP contribution in [0.2, 0.25) is 0 Å². The van der Waals surface area contributed by atoms with Crippen molar-refractivity contribution in [3.63, 3.8) is 0 Å². The Hall–Kier alpha value is -2.34. The standard InChI is InChI=1S/C17H19N3O3/c21-14-4-2-1-3-13(14)15-8-18-17(23-15)16(22)19-12-7-11-5-6-20(9-11)10-12/h1-4,8,11-12,21H,5-7,9-10H2,(H,19,22)/t11-,12-/m1/s1. The number of phenolic OH excluding ortho intramolecular Hbond substituents is 1. The van der Waals surface area contributed by atoms with Crippen molar-refractivity contribution in [3.05, 3.63) is 36.4 Å². The van der Waals surface area contributed by atoms with E-state index in [1.54, 1.807) is 24.3 Å². The molecule has 2 aliphatic heterocycles. The molecule has 3 atom stereocenters. The molecule has 1 unspecified atom stereocenters. The van der Waals surface area contributed by atoms with Gasteiger partial charge in [-0.3, -0.25) is 4.79 Å². The number of rotatable bonds is 3. The number of aromatic hydroxyl groups is 1. The van der Waals surface area contributed by atoms with Gasteiger partial charge >= 0.3 is 5.91 Å². The monoisotopic (exact) mass is 313 g/mol. The van der Waals surface area contributed by atoms with Gasteiger partial charge in [0.1, 0.15) is 5.75 Å². The molecule has 0 aliphatic carbocycles. The van der Waals surface area contributed by atoms with Gasteiger partial charge in [0.15, 0.2) is 5.76 Å². The number of nitrogens with one attached hydrogen (secondary N) is 1. The van der Waals surface area contributed by atoms with Crippen LogP contribution in [0.15, 0.2) is 34.9 Å². The van der Waals surface area contributed by atoms with Crippen molar-refractivity contribution >= 4 is 5.91 Å². The summed E-state index contributed by atoms with van der Waals surface area (Å²) < 4.78 is 5.53. The van der Waals surface area contributed by atoms with Crippen molar-refractivity contribution < 1.29 is 14.3 Å². The molecule has 0 spiro atoms. The lowest BCUT2D eigenvalue weighted by atomic mass is 9.97. The molecule has 0 radical (unpaired) electrons. The van der Waals surface area contributed by atoms with E-state index in [1.807, 2.05) is 0 Å². The second-order valence-electron chi connectivity index (χ2n) is 6.37. The van der Waals surface area contributed by atoms with Crippen LogP contribution in [0.25, 0.3) is 11.3 Å². The smallest absolute Gasteiger partial charge is 0.307 e. The molecule has 2 saturated heterocycles. The van der Waals surface area contributed by atoms with Crippen LogP contribution in [0, 0.1) is 5.92 Å². The predicted molar refractivity (Wildman–Crippen MR) is 84.0 cm³/mol. The summed E-state index contributed by atoms with van der Waals surface area (Å²) in [5.74, 6) is 0.929. The molecule has 2 bridgehead atoms. The molecule has 2 N–H and O–H groups in total. The van der Waals surface area contributed by atoms with Gasteiger partial charge in [-0.2, -0.15) is 0 Å².